The second-order valence-electron chi connectivity index (χ2n) is 3.01. The van der Waals surface area contributed by atoms with Crippen LogP contribution in [-0.4, -0.2) is 29.8 Å². The summed E-state index contributed by atoms with van der Waals surface area (Å²) < 4.78 is 4.52. The van der Waals surface area contributed by atoms with Crippen LogP contribution in [-0.2, 0) is 9.53 Å². The number of aromatic nitrogens is 2. The normalized spacial score (nSPS) is 12.4. The SMILES string of the molecule is COC(=O)CCNC(C)c1ccn[nH]1. The second kappa shape index (κ2) is 5.39. The fraction of sp³-hybridized carbons (Fsp3) is 0.556. The Balaban J connectivity index is 2.22. The summed E-state index contributed by atoms with van der Waals surface area (Å²) in [7, 11) is 1.39. The van der Waals surface area contributed by atoms with E-state index in [0.717, 1.165) is 5.69 Å². The van der Waals surface area contributed by atoms with Gasteiger partial charge in [0.1, 0.15) is 0 Å². The lowest BCUT2D eigenvalue weighted by Crippen LogP contribution is -2.22. The van der Waals surface area contributed by atoms with E-state index in [4.69, 9.17) is 0 Å². The predicted molar refractivity (Wildman–Crippen MR) is 51.6 cm³/mol. The third-order valence-electron chi connectivity index (χ3n) is 2.00. The third kappa shape index (κ3) is 3.18. The zero-order valence-electron chi connectivity index (χ0n) is 8.41. The molecule has 0 aliphatic rings. The van der Waals surface area contributed by atoms with Crippen molar-refractivity contribution in [2.45, 2.75) is 19.4 Å². The number of methoxy groups -OCH3 is 1. The molecular weight excluding hydrogens is 182 g/mol. The Kier molecular flexibility index (Phi) is 4.12. The average molecular weight is 197 g/mol. The molecule has 1 heterocycles. The smallest absolute Gasteiger partial charge is 0.306 e. The quantitative estimate of drug-likeness (QED) is 0.679. The number of hydrogen-bond acceptors (Lipinski definition) is 4. The van der Waals surface area contributed by atoms with Crippen molar-refractivity contribution < 1.29 is 9.53 Å². The van der Waals surface area contributed by atoms with Crippen molar-refractivity contribution in [2.24, 2.45) is 0 Å². The summed E-state index contributed by atoms with van der Waals surface area (Å²) in [5, 5.41) is 9.88. The molecule has 0 saturated heterocycles. The Labute approximate surface area is 82.8 Å². The van der Waals surface area contributed by atoms with Gasteiger partial charge >= 0.3 is 5.97 Å². The van der Waals surface area contributed by atoms with Crippen LogP contribution in [0.5, 0.6) is 0 Å². The fourth-order valence-corrected chi connectivity index (χ4v) is 1.11. The van der Waals surface area contributed by atoms with Crippen LogP contribution in [0.15, 0.2) is 12.3 Å². The van der Waals surface area contributed by atoms with Gasteiger partial charge in [0, 0.05) is 18.8 Å². The van der Waals surface area contributed by atoms with Gasteiger partial charge in [-0.2, -0.15) is 5.10 Å². The molecule has 5 heteroatoms. The van der Waals surface area contributed by atoms with Gasteiger partial charge in [-0.1, -0.05) is 0 Å². The molecule has 0 aromatic carbocycles. The Bertz CT molecular complexity index is 272. The van der Waals surface area contributed by atoms with Crippen LogP contribution in [0.1, 0.15) is 25.1 Å². The first-order chi connectivity index (χ1) is 6.74. The summed E-state index contributed by atoms with van der Waals surface area (Å²) >= 11 is 0. The van der Waals surface area contributed by atoms with Gasteiger partial charge in [-0.15, -0.1) is 0 Å². The van der Waals surface area contributed by atoms with Gasteiger partial charge < -0.3 is 10.1 Å². The van der Waals surface area contributed by atoms with Crippen LogP contribution in [0.25, 0.3) is 0 Å². The molecule has 0 aliphatic heterocycles. The van der Waals surface area contributed by atoms with Crippen LogP contribution < -0.4 is 5.32 Å². The first-order valence-electron chi connectivity index (χ1n) is 4.53. The Morgan fingerprint density at radius 2 is 2.57 bits per heavy atom. The summed E-state index contributed by atoms with van der Waals surface area (Å²) in [6.07, 6.45) is 2.09. The fourth-order valence-electron chi connectivity index (χ4n) is 1.11. The highest BCUT2D eigenvalue weighted by Gasteiger charge is 2.06. The maximum atomic E-state index is 10.8. The van der Waals surface area contributed by atoms with Crippen molar-refractivity contribution in [1.29, 1.82) is 0 Å². The van der Waals surface area contributed by atoms with Gasteiger partial charge in [0.2, 0.25) is 0 Å². The second-order valence-corrected chi connectivity index (χ2v) is 3.01. The van der Waals surface area contributed by atoms with Gasteiger partial charge in [0.05, 0.1) is 19.2 Å². The van der Waals surface area contributed by atoms with Crippen LogP contribution in [0, 0.1) is 0 Å². The molecule has 1 aromatic heterocycles. The minimum atomic E-state index is -0.200. The van der Waals surface area contributed by atoms with E-state index < -0.39 is 0 Å². The highest BCUT2D eigenvalue weighted by molar-refractivity contribution is 5.69. The van der Waals surface area contributed by atoms with Gasteiger partial charge in [-0.3, -0.25) is 9.89 Å². The van der Waals surface area contributed by atoms with Crippen molar-refractivity contribution in [3.8, 4) is 0 Å². The number of ether oxygens (including phenoxy) is 1. The molecule has 2 N–H and O–H groups in total. The predicted octanol–water partition coefficient (Wildman–Crippen LogP) is 0.623. The van der Waals surface area contributed by atoms with Crippen molar-refractivity contribution in [2.75, 3.05) is 13.7 Å². The molecule has 1 rings (SSSR count). The lowest BCUT2D eigenvalue weighted by Gasteiger charge is -2.10. The Morgan fingerprint density at radius 3 is 3.14 bits per heavy atom. The van der Waals surface area contributed by atoms with Crippen molar-refractivity contribution in [3.63, 3.8) is 0 Å². The van der Waals surface area contributed by atoms with Crippen LogP contribution in [0.4, 0.5) is 0 Å². The number of H-pyrrole nitrogens is 1. The topological polar surface area (TPSA) is 67.0 Å². The monoisotopic (exact) mass is 197 g/mol. The molecule has 14 heavy (non-hydrogen) atoms. The largest absolute Gasteiger partial charge is 0.469 e. The van der Waals surface area contributed by atoms with Crippen LogP contribution in [0.2, 0.25) is 0 Å². The number of nitrogens with zero attached hydrogens (tertiary/aromatic N) is 1. The van der Waals surface area contributed by atoms with Gasteiger partial charge in [-0.25, -0.2) is 0 Å². The molecule has 5 nitrogen and oxygen atoms in total. The Hall–Kier alpha value is -1.36. The van der Waals surface area contributed by atoms with E-state index in [-0.39, 0.29) is 12.0 Å². The molecule has 0 aliphatic carbocycles. The molecule has 78 valence electrons. The molecule has 1 unspecified atom stereocenters. The number of carbonyl (C=O) groups excluding carboxylic acids is 1. The highest BCUT2D eigenvalue weighted by atomic mass is 16.5. The molecular formula is C9H15N3O2. The lowest BCUT2D eigenvalue weighted by atomic mass is 10.2. The Morgan fingerprint density at radius 1 is 1.79 bits per heavy atom. The number of rotatable bonds is 5. The van der Waals surface area contributed by atoms with Gasteiger partial charge in [0.15, 0.2) is 0 Å². The van der Waals surface area contributed by atoms with E-state index in [0.29, 0.717) is 13.0 Å². The highest BCUT2D eigenvalue weighted by Crippen LogP contribution is 2.06. The summed E-state index contributed by atoms with van der Waals surface area (Å²) in [4.78, 5) is 10.8. The van der Waals surface area contributed by atoms with Crippen molar-refractivity contribution in [3.05, 3.63) is 18.0 Å². The van der Waals surface area contributed by atoms with Crippen molar-refractivity contribution >= 4 is 5.97 Å². The first-order valence-corrected chi connectivity index (χ1v) is 4.53. The third-order valence-corrected chi connectivity index (χ3v) is 2.00. The lowest BCUT2D eigenvalue weighted by molar-refractivity contribution is -0.140. The molecule has 1 aromatic rings. The van der Waals surface area contributed by atoms with Crippen LogP contribution >= 0.6 is 0 Å². The molecule has 0 amide bonds. The van der Waals surface area contributed by atoms with Gasteiger partial charge in [-0.05, 0) is 13.0 Å². The van der Waals surface area contributed by atoms with E-state index in [1.165, 1.54) is 7.11 Å². The van der Waals surface area contributed by atoms with Crippen molar-refractivity contribution in [1.82, 2.24) is 15.5 Å². The van der Waals surface area contributed by atoms with E-state index in [1.54, 1.807) is 6.20 Å². The molecule has 0 radical (unpaired) electrons. The number of aromatic amines is 1. The molecule has 0 fully saturated rings. The van der Waals surface area contributed by atoms with E-state index in [9.17, 15) is 4.79 Å². The first kappa shape index (κ1) is 10.7. The molecule has 0 spiro atoms. The number of carbonyl (C=O) groups is 1. The maximum Gasteiger partial charge on any atom is 0.306 e. The number of hydrogen-bond donors (Lipinski definition) is 2. The number of esters is 1. The minimum absolute atomic E-state index is 0.169. The van der Waals surface area contributed by atoms with E-state index in [2.05, 4.69) is 20.3 Å². The standard InChI is InChI=1S/C9H15N3O2/c1-7(8-3-6-11-12-8)10-5-4-9(13)14-2/h3,6-7,10H,4-5H2,1-2H3,(H,11,12). The minimum Gasteiger partial charge on any atom is -0.469 e. The average Bonchev–Trinajstić information content (AvgIpc) is 2.70. The summed E-state index contributed by atoms with van der Waals surface area (Å²) in [5.41, 5.74) is 1.01. The van der Waals surface area contributed by atoms with Crippen LogP contribution in [0.3, 0.4) is 0 Å². The summed E-state index contributed by atoms with van der Waals surface area (Å²) in [6.45, 7) is 2.61. The summed E-state index contributed by atoms with van der Waals surface area (Å²) in [6, 6.07) is 2.07. The molecule has 0 bridgehead atoms. The summed E-state index contributed by atoms with van der Waals surface area (Å²) in [5.74, 6) is -0.200. The van der Waals surface area contributed by atoms with E-state index in [1.807, 2.05) is 13.0 Å². The molecule has 0 saturated carbocycles. The number of nitrogens with one attached hydrogen (secondary N) is 2. The van der Waals surface area contributed by atoms with Gasteiger partial charge in [0.25, 0.3) is 0 Å². The molecule has 1 atom stereocenters. The maximum absolute atomic E-state index is 10.8. The van der Waals surface area contributed by atoms with E-state index >= 15 is 0 Å². The zero-order valence-corrected chi connectivity index (χ0v) is 8.41. The zero-order chi connectivity index (χ0) is 10.4.